The molecule has 0 heteroatoms. The standard InChI is InChI=1S/C44H28/c1-2-14-31-28-32(25-24-29(31)12-1)43-38-19-7-9-21-40(38)44(41-22-10-8-20-39(41)43)42-27-26-37(35-17-5-6-18-36(35)42)34-23-11-15-30-13-3-4-16-33(30)34/h1-28H/i1D,2D,3D,4D,5D,6D,7D,8D,9D,10D,11D,12D,13D,14D,15D,16D,17D,19D,20D,21D,22D,23D,24D,25D,26D,27D,28D. The van der Waals surface area contributed by atoms with Crippen LogP contribution in [0.25, 0.3) is 87.2 Å². The summed E-state index contributed by atoms with van der Waals surface area (Å²) in [5, 5.41) is -6.27. The smallest absolute Gasteiger partial charge is 0.0616 e. The fourth-order valence-corrected chi connectivity index (χ4v) is 5.41. The largest absolute Gasteiger partial charge is 0.0636 e. The molecular formula is C44H28. The molecule has 0 nitrogen and oxygen atoms in total. The van der Waals surface area contributed by atoms with E-state index in [0.717, 1.165) is 6.07 Å². The molecule has 9 rings (SSSR count). The van der Waals surface area contributed by atoms with Crippen molar-refractivity contribution in [3.8, 4) is 33.4 Å². The van der Waals surface area contributed by atoms with Crippen molar-refractivity contribution < 1.29 is 37.0 Å². The summed E-state index contributed by atoms with van der Waals surface area (Å²) in [7, 11) is 0. The summed E-state index contributed by atoms with van der Waals surface area (Å²) in [4.78, 5) is 0. The molecule has 0 N–H and O–H groups in total. The van der Waals surface area contributed by atoms with Crippen molar-refractivity contribution in [1.82, 2.24) is 0 Å². The van der Waals surface area contributed by atoms with Crippen LogP contribution < -0.4 is 0 Å². The van der Waals surface area contributed by atoms with Crippen molar-refractivity contribution >= 4 is 53.9 Å². The maximum Gasteiger partial charge on any atom is 0.0636 e. The summed E-state index contributed by atoms with van der Waals surface area (Å²) in [5.74, 6) is 0. The Morgan fingerprint density at radius 3 is 1.57 bits per heavy atom. The highest BCUT2D eigenvalue weighted by Gasteiger charge is 2.19. The van der Waals surface area contributed by atoms with Gasteiger partial charge < -0.3 is 0 Å². The molecule has 0 saturated heterocycles. The lowest BCUT2D eigenvalue weighted by Crippen LogP contribution is -1.92. The Balaban J connectivity index is 1.64. The first-order valence-electron chi connectivity index (χ1n) is 26.6. The molecule has 0 bridgehead atoms. The summed E-state index contributed by atoms with van der Waals surface area (Å²) in [6.45, 7) is 0. The van der Waals surface area contributed by atoms with E-state index in [2.05, 4.69) is 0 Å². The Morgan fingerprint density at radius 2 is 0.818 bits per heavy atom. The highest BCUT2D eigenvalue weighted by molar-refractivity contribution is 6.24. The van der Waals surface area contributed by atoms with E-state index in [0.29, 0.717) is 0 Å². The minimum absolute atomic E-state index is 0.505. The molecule has 0 radical (unpaired) electrons. The van der Waals surface area contributed by atoms with Gasteiger partial charge in [0.25, 0.3) is 0 Å². The van der Waals surface area contributed by atoms with Crippen LogP contribution in [0.1, 0.15) is 37.0 Å². The van der Waals surface area contributed by atoms with Crippen molar-refractivity contribution in [3.63, 3.8) is 0 Å². The minimum Gasteiger partial charge on any atom is -0.0616 e. The van der Waals surface area contributed by atoms with Crippen LogP contribution in [0.3, 0.4) is 0 Å². The van der Waals surface area contributed by atoms with Crippen LogP contribution in [0, 0.1) is 0 Å². The Morgan fingerprint density at radius 1 is 0.295 bits per heavy atom. The van der Waals surface area contributed by atoms with Crippen LogP contribution in [0.5, 0.6) is 0 Å². The molecule has 0 aliphatic heterocycles. The Labute approximate surface area is 294 Å². The molecule has 0 spiro atoms. The van der Waals surface area contributed by atoms with Crippen LogP contribution in [0.15, 0.2) is 169 Å². The van der Waals surface area contributed by atoms with E-state index < -0.39 is 250 Å². The zero-order valence-corrected chi connectivity index (χ0v) is 22.1. The van der Waals surface area contributed by atoms with Gasteiger partial charge in [0.1, 0.15) is 0 Å². The fraction of sp³-hybridized carbons (Fsp3) is 0. The van der Waals surface area contributed by atoms with Crippen molar-refractivity contribution in [2.45, 2.75) is 0 Å². The van der Waals surface area contributed by atoms with Gasteiger partial charge in [0.15, 0.2) is 0 Å². The van der Waals surface area contributed by atoms with E-state index >= 15 is 0 Å². The topological polar surface area (TPSA) is 0 Å². The highest BCUT2D eigenvalue weighted by Crippen LogP contribution is 2.47. The molecule has 0 fully saturated rings. The second-order valence-corrected chi connectivity index (χ2v) is 9.58. The lowest BCUT2D eigenvalue weighted by molar-refractivity contribution is 1.66. The van der Waals surface area contributed by atoms with Crippen LogP contribution >= 0.6 is 0 Å². The first-order chi connectivity index (χ1) is 33.1. The SMILES string of the molecule is [2H]c1cc2c(-c3c4c([2H])c([2H])c([2H])c([2H])c4c(-c4c([2H])c([2H])c5c([2H])c([2H])c([2H])c([2H])c5c4[2H])c4c([2H])c([2H])c([2H])c([2H])c34)c([2H])c([2H])c(-c3c([2H])c([2H])c([2H])c4c([2H])c([2H])c([2H])c([2H])c34)c2c([2H])c1[2H]. The summed E-state index contributed by atoms with van der Waals surface area (Å²) < 4.78 is 242. The lowest BCUT2D eigenvalue weighted by Gasteiger charge is -2.20. The maximum atomic E-state index is 9.83. The predicted octanol–water partition coefficient (Wildman–Crippen LogP) is 12.5. The molecule has 0 saturated carbocycles. The quantitative estimate of drug-likeness (QED) is 0.181. The third-order valence-corrected chi connectivity index (χ3v) is 7.26. The second kappa shape index (κ2) is 9.93. The van der Waals surface area contributed by atoms with Gasteiger partial charge in [-0.15, -0.1) is 0 Å². The van der Waals surface area contributed by atoms with Gasteiger partial charge in [-0.2, -0.15) is 0 Å². The first kappa shape index (κ1) is 9.91. The third kappa shape index (κ3) is 3.78. The van der Waals surface area contributed by atoms with Gasteiger partial charge in [0.05, 0.1) is 37.0 Å². The van der Waals surface area contributed by atoms with Gasteiger partial charge in [-0.1, -0.05) is 163 Å². The molecule has 9 aromatic rings. The van der Waals surface area contributed by atoms with E-state index in [1.54, 1.807) is 0 Å². The molecule has 0 atom stereocenters. The summed E-state index contributed by atoms with van der Waals surface area (Å²) in [5.41, 5.74) is -4.12. The molecule has 9 aromatic carbocycles. The Bertz CT molecular complexity index is 3980. The molecule has 0 aromatic heterocycles. The average Bonchev–Trinajstić information content (AvgIpc) is 3.33. The molecule has 0 aliphatic rings. The number of benzene rings is 9. The van der Waals surface area contributed by atoms with Crippen LogP contribution in [-0.2, 0) is 0 Å². The van der Waals surface area contributed by atoms with Gasteiger partial charge in [-0.25, -0.2) is 0 Å². The third-order valence-electron chi connectivity index (χ3n) is 7.26. The van der Waals surface area contributed by atoms with E-state index in [9.17, 15) is 12.3 Å². The summed E-state index contributed by atoms with van der Waals surface area (Å²) in [6, 6.07) is -23.4. The van der Waals surface area contributed by atoms with E-state index in [1.165, 1.54) is 0 Å². The van der Waals surface area contributed by atoms with Crippen molar-refractivity contribution in [2.75, 3.05) is 0 Å². The van der Waals surface area contributed by atoms with Crippen LogP contribution in [0.4, 0.5) is 0 Å². The monoisotopic (exact) mass is 583 g/mol. The predicted molar refractivity (Wildman–Crippen MR) is 190 cm³/mol. The Kier molecular flexibility index (Phi) is 2.24. The van der Waals surface area contributed by atoms with E-state index in [1.807, 2.05) is 0 Å². The molecule has 0 amide bonds. The maximum absolute atomic E-state index is 9.83. The number of hydrogen-bond acceptors (Lipinski definition) is 0. The molecular weight excluding hydrogens is 528 g/mol. The molecule has 44 heavy (non-hydrogen) atoms. The van der Waals surface area contributed by atoms with Crippen molar-refractivity contribution in [3.05, 3.63) is 169 Å². The minimum atomic E-state index is -1.02. The van der Waals surface area contributed by atoms with Gasteiger partial charge >= 0.3 is 0 Å². The van der Waals surface area contributed by atoms with E-state index in [4.69, 9.17) is 24.7 Å². The second-order valence-electron chi connectivity index (χ2n) is 9.58. The van der Waals surface area contributed by atoms with Crippen molar-refractivity contribution in [2.24, 2.45) is 0 Å². The summed E-state index contributed by atoms with van der Waals surface area (Å²) >= 11 is 0. The van der Waals surface area contributed by atoms with Crippen LogP contribution in [0.2, 0.25) is 0 Å². The highest BCUT2D eigenvalue weighted by atomic mass is 14.2. The average molecular weight is 584 g/mol. The number of fused-ring (bicyclic) bond motifs is 5. The molecule has 0 heterocycles. The summed E-state index contributed by atoms with van der Waals surface area (Å²) in [6.07, 6.45) is 0. The van der Waals surface area contributed by atoms with Gasteiger partial charge in [0.2, 0.25) is 0 Å². The van der Waals surface area contributed by atoms with Crippen molar-refractivity contribution in [1.29, 1.82) is 0 Å². The molecule has 0 unspecified atom stereocenters. The molecule has 204 valence electrons. The van der Waals surface area contributed by atoms with Gasteiger partial charge in [0, 0.05) is 0 Å². The normalized spacial score (nSPS) is 20.2. The van der Waals surface area contributed by atoms with Gasteiger partial charge in [-0.05, 0) is 93.3 Å². The van der Waals surface area contributed by atoms with Crippen LogP contribution in [-0.4, -0.2) is 0 Å². The molecule has 0 aliphatic carbocycles. The van der Waals surface area contributed by atoms with E-state index in [-0.39, 0.29) is 0 Å². The van der Waals surface area contributed by atoms with Gasteiger partial charge in [-0.3, -0.25) is 0 Å². The Hall–Kier alpha value is -5.72. The zero-order chi connectivity index (χ0) is 52.5. The fourth-order valence-electron chi connectivity index (χ4n) is 5.41. The zero-order valence-electron chi connectivity index (χ0n) is 49.1. The first-order valence-corrected chi connectivity index (χ1v) is 13.1. The lowest BCUT2D eigenvalue weighted by atomic mass is 9.83. The number of hydrogen-bond donors (Lipinski definition) is 0. The number of rotatable bonds is 3.